The normalized spacial score (nSPS) is 11.0. The molecule has 0 aromatic heterocycles. The first kappa shape index (κ1) is 21.8. The van der Waals surface area contributed by atoms with E-state index >= 15 is 0 Å². The molecule has 0 amide bonds. The van der Waals surface area contributed by atoms with Crippen LogP contribution in [0.3, 0.4) is 0 Å². The van der Waals surface area contributed by atoms with Crippen LogP contribution < -0.4 is 10.1 Å². The van der Waals surface area contributed by atoms with E-state index in [1.165, 1.54) is 6.42 Å². The van der Waals surface area contributed by atoms with Gasteiger partial charge in [-0.15, -0.1) is 12.4 Å². The van der Waals surface area contributed by atoms with Crippen LogP contribution in [0.1, 0.15) is 40.0 Å². The average Bonchev–Trinajstić information content (AvgIpc) is 2.55. The van der Waals surface area contributed by atoms with E-state index in [9.17, 15) is 0 Å². The average molecular weight is 382 g/mol. The monoisotopic (exact) mass is 381 g/mol. The molecule has 2 rings (SSSR count). The van der Waals surface area contributed by atoms with E-state index < -0.39 is 0 Å². The number of rotatable bonds is 8. The zero-order valence-electron chi connectivity index (χ0n) is 15.3. The maximum absolute atomic E-state index is 6.16. The topological polar surface area (TPSA) is 21.3 Å². The van der Waals surface area contributed by atoms with Crippen LogP contribution in [-0.4, -0.2) is 18.7 Å². The van der Waals surface area contributed by atoms with Crippen molar-refractivity contribution in [2.45, 2.75) is 45.6 Å². The first-order valence-corrected chi connectivity index (χ1v) is 9.06. The summed E-state index contributed by atoms with van der Waals surface area (Å²) in [6.07, 6.45) is 3.40. The Morgan fingerprint density at radius 3 is 2.36 bits per heavy atom. The molecular weight excluding hydrogens is 353 g/mol. The van der Waals surface area contributed by atoms with Crippen molar-refractivity contribution in [3.63, 3.8) is 0 Å². The number of halogens is 2. The maximum atomic E-state index is 6.16. The van der Waals surface area contributed by atoms with E-state index in [-0.39, 0.29) is 17.9 Å². The van der Waals surface area contributed by atoms with E-state index in [0.29, 0.717) is 0 Å². The second-order valence-corrected chi connectivity index (χ2v) is 7.53. The molecule has 0 spiro atoms. The number of unbranched alkanes of at least 4 members (excludes halogenated alkanes) is 2. The first-order valence-electron chi connectivity index (χ1n) is 8.68. The van der Waals surface area contributed by atoms with Crippen LogP contribution in [-0.2, 0) is 0 Å². The summed E-state index contributed by atoms with van der Waals surface area (Å²) in [6, 6.07) is 16.1. The second kappa shape index (κ2) is 10.7. The highest BCUT2D eigenvalue weighted by Gasteiger charge is 2.08. The molecule has 0 radical (unpaired) electrons. The number of ether oxygens (including phenoxy) is 1. The Morgan fingerprint density at radius 1 is 0.960 bits per heavy atom. The molecule has 0 heterocycles. The fourth-order valence-corrected chi connectivity index (χ4v) is 2.69. The lowest BCUT2D eigenvalue weighted by atomic mass is 10.0. The lowest BCUT2D eigenvalue weighted by molar-refractivity contribution is 0.304. The van der Waals surface area contributed by atoms with Crippen LogP contribution in [0.2, 0.25) is 5.02 Å². The van der Waals surface area contributed by atoms with Crippen molar-refractivity contribution in [1.29, 1.82) is 0 Å². The summed E-state index contributed by atoms with van der Waals surface area (Å²) in [5.74, 6) is 0.901. The Labute approximate surface area is 163 Å². The predicted octanol–water partition coefficient (Wildman–Crippen LogP) is 6.37. The lowest BCUT2D eigenvalue weighted by Gasteiger charge is -2.20. The molecule has 4 heteroatoms. The lowest BCUT2D eigenvalue weighted by Crippen LogP contribution is -2.36. The van der Waals surface area contributed by atoms with Gasteiger partial charge < -0.3 is 10.1 Å². The van der Waals surface area contributed by atoms with Crippen LogP contribution in [0.4, 0.5) is 0 Å². The Bertz CT molecular complexity index is 624. The number of benzene rings is 2. The van der Waals surface area contributed by atoms with E-state index in [2.05, 4.69) is 38.2 Å². The predicted molar refractivity (Wildman–Crippen MR) is 111 cm³/mol. The highest BCUT2D eigenvalue weighted by Crippen LogP contribution is 2.32. The van der Waals surface area contributed by atoms with Crippen LogP contribution in [0.25, 0.3) is 11.1 Å². The summed E-state index contributed by atoms with van der Waals surface area (Å²) >= 11 is 6.16. The van der Waals surface area contributed by atoms with Gasteiger partial charge in [-0.3, -0.25) is 0 Å². The molecule has 0 fully saturated rings. The summed E-state index contributed by atoms with van der Waals surface area (Å²) in [5.41, 5.74) is 2.38. The second-order valence-electron chi connectivity index (χ2n) is 7.09. The molecule has 0 bridgehead atoms. The van der Waals surface area contributed by atoms with Crippen LogP contribution in [0, 0.1) is 0 Å². The highest BCUT2D eigenvalue weighted by molar-refractivity contribution is 6.31. The van der Waals surface area contributed by atoms with Crippen LogP contribution in [0.15, 0.2) is 48.5 Å². The van der Waals surface area contributed by atoms with Gasteiger partial charge in [-0.2, -0.15) is 0 Å². The SMILES string of the molecule is CC(C)(C)NCCCCCOc1ccc(Cl)cc1-c1ccccc1.Cl. The summed E-state index contributed by atoms with van der Waals surface area (Å²) < 4.78 is 6.01. The molecule has 0 aliphatic carbocycles. The van der Waals surface area contributed by atoms with Gasteiger partial charge in [0.05, 0.1) is 6.61 Å². The molecule has 0 aliphatic rings. The molecule has 0 atom stereocenters. The first-order chi connectivity index (χ1) is 11.5. The summed E-state index contributed by atoms with van der Waals surface area (Å²) in [5, 5.41) is 4.24. The van der Waals surface area contributed by atoms with E-state index in [0.717, 1.165) is 47.9 Å². The van der Waals surface area contributed by atoms with E-state index in [4.69, 9.17) is 16.3 Å². The Morgan fingerprint density at radius 2 is 1.68 bits per heavy atom. The van der Waals surface area contributed by atoms with Crippen LogP contribution in [0.5, 0.6) is 5.75 Å². The standard InChI is InChI=1S/C21H28ClNO.ClH/c1-21(2,3)23-14-8-5-9-15-24-20-13-12-18(22)16-19(20)17-10-6-4-7-11-17;/h4,6-7,10-13,16,23H,5,8-9,14-15H2,1-3H3;1H. The fraction of sp³-hybridized carbons (Fsp3) is 0.429. The summed E-state index contributed by atoms with van der Waals surface area (Å²) in [7, 11) is 0. The van der Waals surface area contributed by atoms with Crippen LogP contribution >= 0.6 is 24.0 Å². The molecule has 2 aromatic rings. The molecule has 138 valence electrons. The third-order valence-electron chi connectivity index (χ3n) is 3.76. The third-order valence-corrected chi connectivity index (χ3v) is 4.00. The molecule has 0 aliphatic heterocycles. The van der Waals surface area contributed by atoms with Crippen molar-refractivity contribution < 1.29 is 4.74 Å². The van der Waals surface area contributed by atoms with Gasteiger partial charge in [0.2, 0.25) is 0 Å². The Balaban J connectivity index is 0.00000312. The van der Waals surface area contributed by atoms with Crippen molar-refractivity contribution >= 4 is 24.0 Å². The maximum Gasteiger partial charge on any atom is 0.127 e. The van der Waals surface area contributed by atoms with Crippen molar-refractivity contribution in [3.05, 3.63) is 53.6 Å². The third kappa shape index (κ3) is 8.13. The van der Waals surface area contributed by atoms with Crippen molar-refractivity contribution in [3.8, 4) is 16.9 Å². The van der Waals surface area contributed by atoms with Gasteiger partial charge in [-0.05, 0) is 70.3 Å². The van der Waals surface area contributed by atoms with Crippen molar-refractivity contribution in [2.75, 3.05) is 13.2 Å². The zero-order chi connectivity index (χ0) is 17.4. The molecule has 25 heavy (non-hydrogen) atoms. The molecule has 0 unspecified atom stereocenters. The van der Waals surface area contributed by atoms with Gasteiger partial charge in [0.1, 0.15) is 5.75 Å². The molecule has 2 aromatic carbocycles. The van der Waals surface area contributed by atoms with Gasteiger partial charge in [-0.1, -0.05) is 41.9 Å². The quantitative estimate of drug-likeness (QED) is 0.536. The molecule has 0 saturated heterocycles. The largest absolute Gasteiger partial charge is 0.493 e. The molecule has 1 N–H and O–H groups in total. The van der Waals surface area contributed by atoms with Gasteiger partial charge in [0.15, 0.2) is 0 Å². The van der Waals surface area contributed by atoms with E-state index in [1.807, 2.05) is 36.4 Å². The zero-order valence-corrected chi connectivity index (χ0v) is 16.9. The number of hydrogen-bond donors (Lipinski definition) is 1. The molecule has 0 saturated carbocycles. The van der Waals surface area contributed by atoms with Gasteiger partial charge in [0, 0.05) is 16.1 Å². The fourth-order valence-electron chi connectivity index (χ4n) is 2.52. The molecular formula is C21H29Cl2NO. The number of nitrogens with one attached hydrogen (secondary N) is 1. The molecule has 2 nitrogen and oxygen atoms in total. The van der Waals surface area contributed by atoms with Gasteiger partial charge >= 0.3 is 0 Å². The van der Waals surface area contributed by atoms with Crippen molar-refractivity contribution in [2.24, 2.45) is 0 Å². The Kier molecular flexibility index (Phi) is 9.34. The van der Waals surface area contributed by atoms with Crippen molar-refractivity contribution in [1.82, 2.24) is 5.32 Å². The van der Waals surface area contributed by atoms with Gasteiger partial charge in [-0.25, -0.2) is 0 Å². The van der Waals surface area contributed by atoms with E-state index in [1.54, 1.807) is 0 Å². The summed E-state index contributed by atoms with van der Waals surface area (Å²) in [6.45, 7) is 8.38. The summed E-state index contributed by atoms with van der Waals surface area (Å²) in [4.78, 5) is 0. The minimum Gasteiger partial charge on any atom is -0.493 e. The van der Waals surface area contributed by atoms with Gasteiger partial charge in [0.25, 0.3) is 0 Å². The smallest absolute Gasteiger partial charge is 0.127 e. The highest BCUT2D eigenvalue weighted by atomic mass is 35.5. The minimum absolute atomic E-state index is 0. The Hall–Kier alpha value is -1.22. The minimum atomic E-state index is 0. The number of hydrogen-bond acceptors (Lipinski definition) is 2.